The lowest BCUT2D eigenvalue weighted by molar-refractivity contribution is 0.375. The number of aromatic nitrogens is 2. The van der Waals surface area contributed by atoms with E-state index in [4.69, 9.17) is 0 Å². The second kappa shape index (κ2) is 5.43. The topological polar surface area (TPSA) is 29.9 Å². The molecule has 5 rings (SSSR count). The van der Waals surface area contributed by atoms with E-state index in [9.17, 15) is 0 Å². The third kappa shape index (κ3) is 2.26. The minimum atomic E-state index is 0.153. The van der Waals surface area contributed by atoms with E-state index in [1.54, 1.807) is 5.69 Å². The third-order valence-electron chi connectivity index (χ3n) is 6.27. The molecule has 0 saturated heterocycles. The van der Waals surface area contributed by atoms with Gasteiger partial charge >= 0.3 is 0 Å². The van der Waals surface area contributed by atoms with Gasteiger partial charge in [-0.1, -0.05) is 18.6 Å². The van der Waals surface area contributed by atoms with Crippen molar-refractivity contribution in [2.24, 2.45) is 0 Å². The van der Waals surface area contributed by atoms with Crippen molar-refractivity contribution in [2.75, 3.05) is 6.54 Å². The first kappa shape index (κ1) is 15.2. The number of aryl methyl sites for hydroxylation is 2. The van der Waals surface area contributed by atoms with Crippen LogP contribution in [0.2, 0.25) is 0 Å². The lowest BCUT2D eigenvalue weighted by Crippen LogP contribution is -2.30. The Morgan fingerprint density at radius 2 is 2.00 bits per heavy atom. The van der Waals surface area contributed by atoms with Gasteiger partial charge in [-0.05, 0) is 54.7 Å². The zero-order chi connectivity index (χ0) is 17.0. The van der Waals surface area contributed by atoms with Crippen LogP contribution in [0.4, 0.5) is 0 Å². The van der Waals surface area contributed by atoms with E-state index in [2.05, 4.69) is 53.0 Å². The van der Waals surface area contributed by atoms with Crippen LogP contribution >= 0.6 is 0 Å². The molecule has 0 radical (unpaired) electrons. The van der Waals surface area contributed by atoms with Crippen molar-refractivity contribution in [3.63, 3.8) is 0 Å². The minimum Gasteiger partial charge on any atom is -0.343 e. The Morgan fingerprint density at radius 3 is 2.84 bits per heavy atom. The Hall–Kier alpha value is -2.13. The molecular formula is C22H25N3. The highest BCUT2D eigenvalue weighted by Gasteiger charge is 2.33. The van der Waals surface area contributed by atoms with Crippen LogP contribution in [0.5, 0.6) is 0 Å². The summed E-state index contributed by atoms with van der Waals surface area (Å²) in [5.74, 6) is 0. The molecule has 1 N–H and O–H groups in total. The molecule has 0 saturated carbocycles. The maximum absolute atomic E-state index is 4.23. The Bertz CT molecular complexity index is 955. The quantitative estimate of drug-likeness (QED) is 0.733. The molecule has 2 aliphatic rings. The minimum absolute atomic E-state index is 0.153. The summed E-state index contributed by atoms with van der Waals surface area (Å²) in [4.78, 5) is 4.23. The van der Waals surface area contributed by atoms with Crippen LogP contribution in [0.1, 0.15) is 41.3 Å². The summed E-state index contributed by atoms with van der Waals surface area (Å²) in [6.45, 7) is 7.83. The molecule has 0 bridgehead atoms. The van der Waals surface area contributed by atoms with Gasteiger partial charge in [0.2, 0.25) is 0 Å². The van der Waals surface area contributed by atoms with Crippen LogP contribution in [0.15, 0.2) is 36.7 Å². The van der Waals surface area contributed by atoms with Gasteiger partial charge in [-0.15, -0.1) is 0 Å². The molecule has 0 aliphatic carbocycles. The van der Waals surface area contributed by atoms with Crippen LogP contribution in [0.25, 0.3) is 10.9 Å². The second-order valence-corrected chi connectivity index (χ2v) is 8.05. The van der Waals surface area contributed by atoms with E-state index in [1.807, 2.05) is 12.4 Å². The van der Waals surface area contributed by atoms with Crippen molar-refractivity contribution >= 4 is 10.9 Å². The molecular weight excluding hydrogens is 306 g/mol. The van der Waals surface area contributed by atoms with Crippen LogP contribution in [-0.2, 0) is 31.3 Å². The van der Waals surface area contributed by atoms with E-state index < -0.39 is 0 Å². The maximum Gasteiger partial charge on any atom is 0.0518 e. The van der Waals surface area contributed by atoms with Crippen LogP contribution < -0.4 is 5.32 Å². The van der Waals surface area contributed by atoms with E-state index in [-0.39, 0.29) is 5.41 Å². The fourth-order valence-electron chi connectivity index (χ4n) is 4.95. The van der Waals surface area contributed by atoms with Gasteiger partial charge in [0.25, 0.3) is 0 Å². The summed E-state index contributed by atoms with van der Waals surface area (Å²) in [7, 11) is 0. The highest BCUT2D eigenvalue weighted by molar-refractivity contribution is 5.89. The fraction of sp³-hybridized carbons (Fsp3) is 0.409. The molecule has 3 heteroatoms. The summed E-state index contributed by atoms with van der Waals surface area (Å²) in [5.41, 5.74) is 9.07. The SMILES string of the molecule is Cc1cc2c3c(c1)c1c(n3CC(C)(c3ccncc3)CC2)CCNC1. The molecule has 1 atom stereocenters. The molecule has 0 fully saturated rings. The number of pyridine rings is 1. The molecule has 128 valence electrons. The predicted molar refractivity (Wildman–Crippen MR) is 102 cm³/mol. The van der Waals surface area contributed by atoms with Crippen molar-refractivity contribution in [2.45, 2.75) is 51.6 Å². The van der Waals surface area contributed by atoms with E-state index in [1.165, 1.54) is 39.6 Å². The summed E-state index contributed by atoms with van der Waals surface area (Å²) in [5, 5.41) is 5.06. The van der Waals surface area contributed by atoms with Gasteiger partial charge in [0.05, 0.1) is 5.52 Å². The Kier molecular flexibility index (Phi) is 3.29. The maximum atomic E-state index is 4.23. The average molecular weight is 331 g/mol. The molecule has 0 spiro atoms. The number of rotatable bonds is 1. The Labute approximate surface area is 149 Å². The molecule has 2 aromatic heterocycles. The van der Waals surface area contributed by atoms with Crippen LogP contribution in [-0.4, -0.2) is 16.1 Å². The van der Waals surface area contributed by atoms with Crippen LogP contribution in [0, 0.1) is 6.92 Å². The van der Waals surface area contributed by atoms with Crippen molar-refractivity contribution in [1.82, 2.24) is 14.9 Å². The summed E-state index contributed by atoms with van der Waals surface area (Å²) >= 11 is 0. The smallest absolute Gasteiger partial charge is 0.0518 e. The van der Waals surface area contributed by atoms with Crippen molar-refractivity contribution in [3.8, 4) is 0 Å². The molecule has 1 aromatic carbocycles. The number of fused-ring (bicyclic) bond motifs is 3. The monoisotopic (exact) mass is 331 g/mol. The number of nitrogens with zero attached hydrogens (tertiary/aromatic N) is 2. The van der Waals surface area contributed by atoms with Crippen LogP contribution in [0.3, 0.4) is 0 Å². The largest absolute Gasteiger partial charge is 0.343 e. The number of hydrogen-bond donors (Lipinski definition) is 1. The van der Waals surface area contributed by atoms with Gasteiger partial charge in [-0.2, -0.15) is 0 Å². The highest BCUT2D eigenvalue weighted by atomic mass is 15.0. The zero-order valence-corrected chi connectivity index (χ0v) is 15.1. The van der Waals surface area contributed by atoms with Gasteiger partial charge in [-0.3, -0.25) is 4.98 Å². The lowest BCUT2D eigenvalue weighted by atomic mass is 9.78. The predicted octanol–water partition coefficient (Wildman–Crippen LogP) is 3.89. The fourth-order valence-corrected chi connectivity index (χ4v) is 4.95. The first-order valence-corrected chi connectivity index (χ1v) is 9.40. The van der Waals surface area contributed by atoms with E-state index in [0.717, 1.165) is 32.5 Å². The zero-order valence-electron chi connectivity index (χ0n) is 15.1. The molecule has 0 amide bonds. The highest BCUT2D eigenvalue weighted by Crippen LogP contribution is 2.41. The lowest BCUT2D eigenvalue weighted by Gasteiger charge is -2.31. The first-order chi connectivity index (χ1) is 12.2. The molecule has 1 unspecified atom stereocenters. The molecule has 3 aromatic rings. The van der Waals surface area contributed by atoms with Gasteiger partial charge in [-0.25, -0.2) is 0 Å². The van der Waals surface area contributed by atoms with Gasteiger partial charge in [0.15, 0.2) is 0 Å². The summed E-state index contributed by atoms with van der Waals surface area (Å²) in [6.07, 6.45) is 7.34. The van der Waals surface area contributed by atoms with Crippen molar-refractivity contribution < 1.29 is 0 Å². The first-order valence-electron chi connectivity index (χ1n) is 9.40. The summed E-state index contributed by atoms with van der Waals surface area (Å²) < 4.78 is 2.66. The Balaban J connectivity index is 1.76. The molecule has 25 heavy (non-hydrogen) atoms. The standard InChI is InChI=1S/C22H25N3/c1-15-11-16-3-7-22(2,17-4-8-23-9-5-17)14-25-20-6-10-24-13-19(20)18(12-15)21(16)25/h4-5,8-9,11-12,24H,3,6-7,10,13-14H2,1-2H3. The van der Waals surface area contributed by atoms with Gasteiger partial charge in [0.1, 0.15) is 0 Å². The van der Waals surface area contributed by atoms with E-state index in [0.29, 0.717) is 0 Å². The second-order valence-electron chi connectivity index (χ2n) is 8.05. The molecule has 4 heterocycles. The normalized spacial score (nSPS) is 22.6. The van der Waals surface area contributed by atoms with Gasteiger partial charge < -0.3 is 9.88 Å². The number of nitrogens with one attached hydrogen (secondary N) is 1. The summed E-state index contributed by atoms with van der Waals surface area (Å²) in [6, 6.07) is 9.22. The third-order valence-corrected chi connectivity index (χ3v) is 6.27. The van der Waals surface area contributed by atoms with Gasteiger partial charge in [0, 0.05) is 54.9 Å². The number of hydrogen-bond acceptors (Lipinski definition) is 2. The molecule has 2 aliphatic heterocycles. The van der Waals surface area contributed by atoms with E-state index >= 15 is 0 Å². The average Bonchev–Trinajstić information content (AvgIpc) is 2.84. The Morgan fingerprint density at radius 1 is 1.16 bits per heavy atom. The number of benzene rings is 1. The van der Waals surface area contributed by atoms with Crippen molar-refractivity contribution in [1.29, 1.82) is 0 Å². The van der Waals surface area contributed by atoms with Crippen molar-refractivity contribution in [3.05, 3.63) is 64.6 Å². The molecule has 3 nitrogen and oxygen atoms in total.